The fourth-order valence-electron chi connectivity index (χ4n) is 4.49. The van der Waals surface area contributed by atoms with Crippen molar-refractivity contribution in [2.45, 2.75) is 25.2 Å². The summed E-state index contributed by atoms with van der Waals surface area (Å²) in [6.45, 7) is 0.273. The standard InChI is InChI=1S/C16H17NO4/c18-14-12-10-6-7-11(16(10,20)21)13(12)15(19)17(14)8-9-4-2-1-3-5-9/h1-5,10-13,20-21H,6-8H2/t10-,11+,12-,13+. The summed E-state index contributed by atoms with van der Waals surface area (Å²) >= 11 is 0. The number of imide groups is 1. The molecule has 3 aliphatic rings. The average Bonchev–Trinajstić information content (AvgIpc) is 2.99. The highest BCUT2D eigenvalue weighted by Crippen LogP contribution is 2.60. The summed E-state index contributed by atoms with van der Waals surface area (Å²) in [6, 6.07) is 9.39. The van der Waals surface area contributed by atoms with E-state index in [-0.39, 0.29) is 18.4 Å². The van der Waals surface area contributed by atoms with Crippen LogP contribution in [0.5, 0.6) is 0 Å². The summed E-state index contributed by atoms with van der Waals surface area (Å²) < 4.78 is 0. The van der Waals surface area contributed by atoms with Gasteiger partial charge >= 0.3 is 0 Å². The van der Waals surface area contributed by atoms with Crippen molar-refractivity contribution < 1.29 is 19.8 Å². The molecule has 1 heterocycles. The summed E-state index contributed by atoms with van der Waals surface area (Å²) in [5.74, 6) is -4.42. The minimum absolute atomic E-state index is 0.242. The van der Waals surface area contributed by atoms with Crippen LogP contribution < -0.4 is 0 Å². The predicted molar refractivity (Wildman–Crippen MR) is 72.4 cm³/mol. The maximum Gasteiger partial charge on any atom is 0.233 e. The first-order chi connectivity index (χ1) is 10.0. The van der Waals surface area contributed by atoms with E-state index in [1.807, 2.05) is 30.3 Å². The van der Waals surface area contributed by atoms with Gasteiger partial charge in [0.1, 0.15) is 0 Å². The molecule has 0 aromatic heterocycles. The number of carbonyl (C=O) groups excluding carboxylic acids is 2. The number of hydrogen-bond donors (Lipinski definition) is 2. The zero-order chi connectivity index (χ0) is 14.8. The molecule has 0 unspecified atom stereocenters. The molecule has 1 aliphatic heterocycles. The highest BCUT2D eigenvalue weighted by Gasteiger charge is 2.71. The van der Waals surface area contributed by atoms with Gasteiger partial charge in [-0.1, -0.05) is 30.3 Å². The molecule has 1 aromatic carbocycles. The zero-order valence-corrected chi connectivity index (χ0v) is 11.5. The topological polar surface area (TPSA) is 77.8 Å². The van der Waals surface area contributed by atoms with E-state index in [1.165, 1.54) is 4.90 Å². The molecule has 5 nitrogen and oxygen atoms in total. The molecule has 2 saturated carbocycles. The second-order valence-electron chi connectivity index (χ2n) is 6.37. The van der Waals surface area contributed by atoms with Crippen LogP contribution in [0.25, 0.3) is 0 Å². The van der Waals surface area contributed by atoms with Crippen molar-refractivity contribution in [2.75, 3.05) is 0 Å². The van der Waals surface area contributed by atoms with Crippen molar-refractivity contribution in [2.24, 2.45) is 23.7 Å². The normalized spacial score (nSPS) is 36.4. The number of hydrogen-bond acceptors (Lipinski definition) is 4. The molecule has 4 rings (SSSR count). The van der Waals surface area contributed by atoms with E-state index < -0.39 is 29.5 Å². The molecule has 3 fully saturated rings. The third-order valence-corrected chi connectivity index (χ3v) is 5.42. The number of carbonyl (C=O) groups is 2. The molecule has 0 radical (unpaired) electrons. The minimum Gasteiger partial charge on any atom is -0.365 e. The monoisotopic (exact) mass is 287 g/mol. The lowest BCUT2D eigenvalue weighted by molar-refractivity contribution is -0.202. The molecular formula is C16H17NO4. The molecule has 2 bridgehead atoms. The Kier molecular flexibility index (Phi) is 2.56. The summed E-state index contributed by atoms with van der Waals surface area (Å²) in [4.78, 5) is 26.4. The Balaban J connectivity index is 1.64. The summed E-state index contributed by atoms with van der Waals surface area (Å²) in [6.07, 6.45) is 1.22. The third kappa shape index (κ3) is 1.59. The van der Waals surface area contributed by atoms with Gasteiger partial charge in [0.05, 0.1) is 18.4 Å². The van der Waals surface area contributed by atoms with Gasteiger partial charge in [0.15, 0.2) is 5.79 Å². The predicted octanol–water partition coefficient (Wildman–Crippen LogP) is 0.508. The second kappa shape index (κ2) is 4.15. The first-order valence-electron chi connectivity index (χ1n) is 7.35. The molecule has 2 amide bonds. The Morgan fingerprint density at radius 2 is 1.52 bits per heavy atom. The number of likely N-dealkylation sites (tertiary alicyclic amines) is 1. The number of amides is 2. The minimum atomic E-state index is -1.85. The number of aliphatic hydroxyl groups is 2. The van der Waals surface area contributed by atoms with Gasteiger partial charge < -0.3 is 10.2 Å². The van der Waals surface area contributed by atoms with Crippen LogP contribution in [0, 0.1) is 23.7 Å². The Bertz CT molecular complexity index is 580. The molecular weight excluding hydrogens is 270 g/mol. The van der Waals surface area contributed by atoms with Gasteiger partial charge in [0.25, 0.3) is 0 Å². The van der Waals surface area contributed by atoms with Crippen LogP contribution in [0.15, 0.2) is 30.3 Å². The fraction of sp³-hybridized carbons (Fsp3) is 0.500. The van der Waals surface area contributed by atoms with Crippen molar-refractivity contribution >= 4 is 11.8 Å². The van der Waals surface area contributed by atoms with Crippen LogP contribution in [0.4, 0.5) is 0 Å². The largest absolute Gasteiger partial charge is 0.365 e. The van der Waals surface area contributed by atoms with Gasteiger partial charge in [0, 0.05) is 11.8 Å². The molecule has 0 spiro atoms. The maximum atomic E-state index is 12.6. The number of benzene rings is 1. The maximum absolute atomic E-state index is 12.6. The molecule has 2 aliphatic carbocycles. The molecule has 21 heavy (non-hydrogen) atoms. The zero-order valence-electron chi connectivity index (χ0n) is 11.5. The summed E-state index contributed by atoms with van der Waals surface area (Å²) in [5, 5.41) is 20.3. The first kappa shape index (κ1) is 13.0. The van der Waals surface area contributed by atoms with Gasteiger partial charge in [-0.15, -0.1) is 0 Å². The molecule has 4 atom stereocenters. The van der Waals surface area contributed by atoms with Crippen LogP contribution in [-0.4, -0.2) is 32.7 Å². The van der Waals surface area contributed by atoms with E-state index in [0.717, 1.165) is 5.56 Å². The quantitative estimate of drug-likeness (QED) is 0.613. The molecule has 5 heteroatoms. The van der Waals surface area contributed by atoms with Crippen LogP contribution in [-0.2, 0) is 16.1 Å². The molecule has 1 saturated heterocycles. The van der Waals surface area contributed by atoms with E-state index in [1.54, 1.807) is 0 Å². The van der Waals surface area contributed by atoms with Gasteiger partial charge in [-0.3, -0.25) is 14.5 Å². The van der Waals surface area contributed by atoms with Gasteiger partial charge in [0.2, 0.25) is 11.8 Å². The number of fused-ring (bicyclic) bond motifs is 5. The smallest absolute Gasteiger partial charge is 0.233 e. The second-order valence-corrected chi connectivity index (χ2v) is 6.37. The van der Waals surface area contributed by atoms with E-state index in [0.29, 0.717) is 12.8 Å². The lowest BCUT2D eigenvalue weighted by Crippen LogP contribution is -2.41. The van der Waals surface area contributed by atoms with Crippen molar-refractivity contribution in [3.8, 4) is 0 Å². The van der Waals surface area contributed by atoms with E-state index in [9.17, 15) is 19.8 Å². The highest BCUT2D eigenvalue weighted by atomic mass is 16.5. The summed E-state index contributed by atoms with van der Waals surface area (Å²) in [7, 11) is 0. The molecule has 1 aromatic rings. The van der Waals surface area contributed by atoms with E-state index >= 15 is 0 Å². The van der Waals surface area contributed by atoms with Crippen molar-refractivity contribution in [3.05, 3.63) is 35.9 Å². The lowest BCUT2D eigenvalue weighted by Gasteiger charge is -2.25. The van der Waals surface area contributed by atoms with Crippen molar-refractivity contribution in [1.29, 1.82) is 0 Å². The Hall–Kier alpha value is -1.72. The van der Waals surface area contributed by atoms with E-state index in [4.69, 9.17) is 0 Å². The van der Waals surface area contributed by atoms with Crippen LogP contribution in [0.1, 0.15) is 18.4 Å². The Morgan fingerprint density at radius 1 is 1.00 bits per heavy atom. The average molecular weight is 287 g/mol. The van der Waals surface area contributed by atoms with E-state index in [2.05, 4.69) is 0 Å². The molecule has 2 N–H and O–H groups in total. The first-order valence-corrected chi connectivity index (χ1v) is 7.35. The van der Waals surface area contributed by atoms with Crippen LogP contribution in [0.3, 0.4) is 0 Å². The van der Waals surface area contributed by atoms with Crippen molar-refractivity contribution in [3.63, 3.8) is 0 Å². The molecule has 110 valence electrons. The Labute approximate surface area is 122 Å². The number of nitrogens with zero attached hydrogens (tertiary/aromatic N) is 1. The van der Waals surface area contributed by atoms with Crippen LogP contribution >= 0.6 is 0 Å². The SMILES string of the molecule is O=C1[C@@H]2[C@H](C(=O)N1Cc1ccccc1)[C@H]1CC[C@@H]2C1(O)O. The highest BCUT2D eigenvalue weighted by molar-refractivity contribution is 6.06. The van der Waals surface area contributed by atoms with Gasteiger partial charge in [-0.2, -0.15) is 0 Å². The Morgan fingerprint density at radius 3 is 2.05 bits per heavy atom. The fourth-order valence-corrected chi connectivity index (χ4v) is 4.49. The van der Waals surface area contributed by atoms with Gasteiger partial charge in [-0.05, 0) is 18.4 Å². The number of rotatable bonds is 2. The summed E-state index contributed by atoms with van der Waals surface area (Å²) in [5.41, 5.74) is 0.908. The third-order valence-electron chi connectivity index (χ3n) is 5.42. The van der Waals surface area contributed by atoms with Crippen molar-refractivity contribution in [1.82, 2.24) is 4.90 Å². The van der Waals surface area contributed by atoms with Gasteiger partial charge in [-0.25, -0.2) is 0 Å². The lowest BCUT2D eigenvalue weighted by atomic mass is 9.81. The van der Waals surface area contributed by atoms with Crippen LogP contribution in [0.2, 0.25) is 0 Å².